The molecule has 0 radical (unpaired) electrons. The van der Waals surface area contributed by atoms with Crippen LogP contribution in [0.4, 0.5) is 0 Å². The van der Waals surface area contributed by atoms with Gasteiger partial charge in [0.05, 0.1) is 0 Å². The third-order valence-corrected chi connectivity index (χ3v) is 3.57. The number of aromatic nitrogens is 1. The van der Waals surface area contributed by atoms with E-state index in [0.29, 0.717) is 12.1 Å². The number of sulfonamides is 1. The smallest absolute Gasteiger partial charge is 0.245 e. The molecule has 1 aromatic heterocycles. The zero-order valence-corrected chi connectivity index (χ0v) is 9.47. The predicted octanol–water partition coefficient (Wildman–Crippen LogP) is -0.0479. The van der Waals surface area contributed by atoms with Crippen LogP contribution in [0.15, 0.2) is 9.42 Å². The number of nitrogens with one attached hydrogen (secondary N) is 1. The lowest BCUT2D eigenvalue weighted by atomic mass is 10.4. The summed E-state index contributed by atoms with van der Waals surface area (Å²) in [6, 6.07) is 0. The van der Waals surface area contributed by atoms with Crippen LogP contribution in [0.3, 0.4) is 0 Å². The van der Waals surface area contributed by atoms with E-state index in [1.807, 2.05) is 0 Å². The predicted molar refractivity (Wildman–Crippen MR) is 52.9 cm³/mol. The number of rotatable bonds is 5. The van der Waals surface area contributed by atoms with Gasteiger partial charge in [0.1, 0.15) is 10.6 Å². The lowest BCUT2D eigenvalue weighted by Gasteiger charge is -2.04. The van der Waals surface area contributed by atoms with Crippen molar-refractivity contribution in [3.8, 4) is 0 Å². The maximum absolute atomic E-state index is 11.7. The van der Waals surface area contributed by atoms with E-state index < -0.39 is 10.0 Å². The maximum atomic E-state index is 11.7. The summed E-state index contributed by atoms with van der Waals surface area (Å²) in [4.78, 5) is 0.0837. The van der Waals surface area contributed by atoms with Crippen molar-refractivity contribution < 1.29 is 18.0 Å². The summed E-state index contributed by atoms with van der Waals surface area (Å²) < 4.78 is 30.6. The molecule has 0 amide bonds. The SMILES string of the molecule is Cc1noc(C)c1S(=O)(=O)NCCCO. The summed E-state index contributed by atoms with van der Waals surface area (Å²) in [5.41, 5.74) is 0.337. The molecule has 0 spiro atoms. The highest BCUT2D eigenvalue weighted by molar-refractivity contribution is 7.89. The van der Waals surface area contributed by atoms with Gasteiger partial charge in [-0.2, -0.15) is 0 Å². The van der Waals surface area contributed by atoms with Crippen LogP contribution in [0.1, 0.15) is 17.9 Å². The summed E-state index contributed by atoms with van der Waals surface area (Å²) in [5.74, 6) is 0.268. The Bertz CT molecular complexity index is 404. The highest BCUT2D eigenvalue weighted by Crippen LogP contribution is 2.18. The van der Waals surface area contributed by atoms with Gasteiger partial charge in [0.25, 0.3) is 0 Å². The Kier molecular flexibility index (Phi) is 3.83. The molecular weight excluding hydrogens is 220 g/mol. The highest BCUT2D eigenvalue weighted by Gasteiger charge is 2.23. The molecule has 15 heavy (non-hydrogen) atoms. The fraction of sp³-hybridized carbons (Fsp3) is 0.625. The summed E-state index contributed by atoms with van der Waals surface area (Å²) >= 11 is 0. The van der Waals surface area contributed by atoms with Crippen molar-refractivity contribution in [1.82, 2.24) is 9.88 Å². The van der Waals surface area contributed by atoms with Gasteiger partial charge in [-0.15, -0.1) is 0 Å². The van der Waals surface area contributed by atoms with E-state index in [0.717, 1.165) is 0 Å². The van der Waals surface area contributed by atoms with Crippen LogP contribution in [-0.4, -0.2) is 31.8 Å². The molecule has 0 aliphatic carbocycles. The molecule has 1 heterocycles. The minimum absolute atomic E-state index is 0.0515. The van der Waals surface area contributed by atoms with Crippen molar-refractivity contribution in [2.45, 2.75) is 25.2 Å². The number of hydrogen-bond acceptors (Lipinski definition) is 5. The van der Waals surface area contributed by atoms with E-state index >= 15 is 0 Å². The van der Waals surface area contributed by atoms with Crippen LogP contribution in [0.2, 0.25) is 0 Å². The molecule has 1 aromatic rings. The number of aliphatic hydroxyl groups is 1. The van der Waals surface area contributed by atoms with Crippen molar-refractivity contribution in [2.75, 3.05) is 13.2 Å². The van der Waals surface area contributed by atoms with Crippen molar-refractivity contribution in [2.24, 2.45) is 0 Å². The van der Waals surface area contributed by atoms with Crippen LogP contribution in [-0.2, 0) is 10.0 Å². The lowest BCUT2D eigenvalue weighted by Crippen LogP contribution is -2.26. The summed E-state index contributed by atoms with van der Waals surface area (Å²) in [6.45, 7) is 3.25. The van der Waals surface area contributed by atoms with Gasteiger partial charge in [-0.05, 0) is 20.3 Å². The Balaban J connectivity index is 2.87. The average molecular weight is 234 g/mol. The molecule has 0 saturated heterocycles. The van der Waals surface area contributed by atoms with E-state index in [1.165, 1.54) is 0 Å². The molecule has 0 fully saturated rings. The first-order valence-electron chi connectivity index (χ1n) is 4.52. The Morgan fingerprint density at radius 2 is 2.13 bits per heavy atom. The van der Waals surface area contributed by atoms with Crippen LogP contribution in [0.25, 0.3) is 0 Å². The van der Waals surface area contributed by atoms with Crippen molar-refractivity contribution in [3.05, 3.63) is 11.5 Å². The van der Waals surface area contributed by atoms with Gasteiger partial charge in [-0.25, -0.2) is 13.1 Å². The minimum atomic E-state index is -3.57. The molecule has 0 saturated carbocycles. The monoisotopic (exact) mass is 234 g/mol. The Morgan fingerprint density at radius 3 is 2.60 bits per heavy atom. The highest BCUT2D eigenvalue weighted by atomic mass is 32.2. The molecule has 0 aliphatic rings. The van der Waals surface area contributed by atoms with Gasteiger partial charge >= 0.3 is 0 Å². The first kappa shape index (κ1) is 12.2. The van der Waals surface area contributed by atoms with E-state index in [1.54, 1.807) is 13.8 Å². The Hall–Kier alpha value is -0.920. The van der Waals surface area contributed by atoms with Crippen LogP contribution in [0, 0.1) is 13.8 Å². The molecule has 0 unspecified atom stereocenters. The molecule has 0 aromatic carbocycles. The normalized spacial score (nSPS) is 11.9. The number of aryl methyl sites for hydroxylation is 2. The zero-order chi connectivity index (χ0) is 11.5. The quantitative estimate of drug-likeness (QED) is 0.697. The van der Waals surface area contributed by atoms with Gasteiger partial charge in [-0.3, -0.25) is 0 Å². The second-order valence-corrected chi connectivity index (χ2v) is 4.83. The fourth-order valence-corrected chi connectivity index (χ4v) is 2.62. The molecule has 86 valence electrons. The lowest BCUT2D eigenvalue weighted by molar-refractivity contribution is 0.289. The first-order valence-corrected chi connectivity index (χ1v) is 6.00. The molecule has 6 nitrogen and oxygen atoms in total. The number of aliphatic hydroxyl groups excluding tert-OH is 1. The standard InChI is InChI=1S/C8H14N2O4S/c1-6-8(7(2)14-10-6)15(12,13)9-4-3-5-11/h9,11H,3-5H2,1-2H3. The van der Waals surface area contributed by atoms with Crippen LogP contribution >= 0.6 is 0 Å². The van der Waals surface area contributed by atoms with Crippen LogP contribution in [0.5, 0.6) is 0 Å². The maximum Gasteiger partial charge on any atom is 0.245 e. The van der Waals surface area contributed by atoms with Gasteiger partial charge in [-0.1, -0.05) is 5.16 Å². The average Bonchev–Trinajstić information content (AvgIpc) is 2.46. The summed E-state index contributed by atoms with van der Waals surface area (Å²) in [7, 11) is -3.57. The summed E-state index contributed by atoms with van der Waals surface area (Å²) in [6.07, 6.45) is 0.378. The van der Waals surface area contributed by atoms with Crippen molar-refractivity contribution in [1.29, 1.82) is 0 Å². The molecule has 0 atom stereocenters. The van der Waals surface area contributed by atoms with E-state index in [-0.39, 0.29) is 23.8 Å². The molecule has 2 N–H and O–H groups in total. The van der Waals surface area contributed by atoms with Crippen molar-refractivity contribution >= 4 is 10.0 Å². The largest absolute Gasteiger partial charge is 0.396 e. The Morgan fingerprint density at radius 1 is 1.47 bits per heavy atom. The third kappa shape index (κ3) is 2.77. The van der Waals surface area contributed by atoms with Crippen molar-refractivity contribution in [3.63, 3.8) is 0 Å². The summed E-state index contributed by atoms with van der Waals surface area (Å²) in [5, 5.41) is 12.1. The molecular formula is C8H14N2O4S. The second kappa shape index (κ2) is 4.73. The molecule has 0 aliphatic heterocycles. The number of hydrogen-bond donors (Lipinski definition) is 2. The zero-order valence-electron chi connectivity index (χ0n) is 8.65. The van der Waals surface area contributed by atoms with E-state index in [2.05, 4.69) is 9.88 Å². The van der Waals surface area contributed by atoms with Gasteiger partial charge in [0.2, 0.25) is 10.0 Å². The second-order valence-electron chi connectivity index (χ2n) is 3.13. The van der Waals surface area contributed by atoms with Gasteiger partial charge < -0.3 is 9.63 Å². The topological polar surface area (TPSA) is 92.4 Å². The molecule has 0 bridgehead atoms. The first-order chi connectivity index (χ1) is 6.99. The minimum Gasteiger partial charge on any atom is -0.396 e. The van der Waals surface area contributed by atoms with Gasteiger partial charge in [0.15, 0.2) is 5.76 Å². The fourth-order valence-electron chi connectivity index (χ4n) is 1.22. The van der Waals surface area contributed by atoms with Crippen LogP contribution < -0.4 is 4.72 Å². The third-order valence-electron chi connectivity index (χ3n) is 1.86. The Labute approximate surface area is 88.3 Å². The molecule has 1 rings (SSSR count). The van der Waals surface area contributed by atoms with E-state index in [9.17, 15) is 8.42 Å². The van der Waals surface area contributed by atoms with Gasteiger partial charge in [0, 0.05) is 13.2 Å². The molecule has 7 heteroatoms. The number of nitrogens with zero attached hydrogens (tertiary/aromatic N) is 1. The van der Waals surface area contributed by atoms with E-state index in [4.69, 9.17) is 9.63 Å².